The SMILES string of the molecule is O=C(CN1CCOC1=O)N1CC[C@@H](O)[C@](CCCc2ccccc2)(C(=O)O)C1. The van der Waals surface area contributed by atoms with Gasteiger partial charge in [0, 0.05) is 13.1 Å². The summed E-state index contributed by atoms with van der Waals surface area (Å²) in [5.41, 5.74) is -0.289. The predicted molar refractivity (Wildman–Crippen MR) is 99.6 cm³/mol. The molecule has 0 unspecified atom stereocenters. The van der Waals surface area contributed by atoms with Gasteiger partial charge in [0.1, 0.15) is 18.6 Å². The van der Waals surface area contributed by atoms with Crippen LogP contribution in [0.2, 0.25) is 0 Å². The van der Waals surface area contributed by atoms with Crippen LogP contribution in [0.15, 0.2) is 30.3 Å². The van der Waals surface area contributed by atoms with Crippen molar-refractivity contribution in [2.75, 3.05) is 32.8 Å². The Labute approximate surface area is 163 Å². The van der Waals surface area contributed by atoms with Crippen LogP contribution in [0.5, 0.6) is 0 Å². The molecule has 0 aliphatic carbocycles. The average molecular weight is 390 g/mol. The summed E-state index contributed by atoms with van der Waals surface area (Å²) in [7, 11) is 0. The van der Waals surface area contributed by atoms with E-state index in [1.165, 1.54) is 9.80 Å². The number of likely N-dealkylation sites (tertiary alicyclic amines) is 1. The van der Waals surface area contributed by atoms with E-state index < -0.39 is 23.6 Å². The van der Waals surface area contributed by atoms with E-state index in [9.17, 15) is 24.6 Å². The number of benzene rings is 1. The molecule has 0 radical (unpaired) electrons. The number of aryl methyl sites for hydroxylation is 1. The molecule has 28 heavy (non-hydrogen) atoms. The number of hydrogen-bond donors (Lipinski definition) is 2. The third kappa shape index (κ3) is 4.27. The van der Waals surface area contributed by atoms with Gasteiger partial charge in [0.2, 0.25) is 5.91 Å². The average Bonchev–Trinajstić information content (AvgIpc) is 3.08. The minimum absolute atomic E-state index is 0.0555. The van der Waals surface area contributed by atoms with Gasteiger partial charge in [0.15, 0.2) is 0 Å². The summed E-state index contributed by atoms with van der Waals surface area (Å²) < 4.78 is 4.83. The molecule has 2 N–H and O–H groups in total. The van der Waals surface area contributed by atoms with Gasteiger partial charge in [0.25, 0.3) is 0 Å². The van der Waals surface area contributed by atoms with Crippen LogP contribution in [0, 0.1) is 5.41 Å². The fraction of sp³-hybridized carbons (Fsp3) is 0.550. The lowest BCUT2D eigenvalue weighted by atomic mass is 9.73. The molecule has 2 saturated heterocycles. The van der Waals surface area contributed by atoms with Crippen molar-refractivity contribution in [2.45, 2.75) is 31.8 Å². The lowest BCUT2D eigenvalue weighted by Gasteiger charge is -2.43. The number of carboxylic acid groups (broad SMARTS) is 1. The molecule has 2 heterocycles. The first-order chi connectivity index (χ1) is 13.4. The third-order valence-corrected chi connectivity index (χ3v) is 5.66. The summed E-state index contributed by atoms with van der Waals surface area (Å²) in [6.45, 7) is 0.691. The van der Waals surface area contributed by atoms with Crippen LogP contribution in [0.3, 0.4) is 0 Å². The number of aliphatic carboxylic acids is 1. The fourth-order valence-corrected chi connectivity index (χ4v) is 3.94. The number of aliphatic hydroxyl groups excluding tert-OH is 1. The zero-order chi connectivity index (χ0) is 20.1. The topological polar surface area (TPSA) is 107 Å². The van der Waals surface area contributed by atoms with Crippen molar-refractivity contribution in [3.05, 3.63) is 35.9 Å². The van der Waals surface area contributed by atoms with Gasteiger partial charge >= 0.3 is 12.1 Å². The Morgan fingerprint density at radius 2 is 1.96 bits per heavy atom. The smallest absolute Gasteiger partial charge is 0.410 e. The molecule has 2 atom stereocenters. The molecule has 2 aliphatic rings. The molecular weight excluding hydrogens is 364 g/mol. The van der Waals surface area contributed by atoms with Gasteiger partial charge in [-0.05, 0) is 31.2 Å². The van der Waals surface area contributed by atoms with Gasteiger partial charge in [-0.1, -0.05) is 30.3 Å². The Morgan fingerprint density at radius 3 is 2.61 bits per heavy atom. The van der Waals surface area contributed by atoms with Crippen LogP contribution in [0.4, 0.5) is 4.79 Å². The molecule has 0 aromatic heterocycles. The minimum atomic E-state index is -1.39. The number of hydrogen-bond acceptors (Lipinski definition) is 5. The van der Waals surface area contributed by atoms with Crippen molar-refractivity contribution in [3.63, 3.8) is 0 Å². The van der Waals surface area contributed by atoms with Crippen molar-refractivity contribution >= 4 is 18.0 Å². The maximum atomic E-state index is 12.6. The number of amides is 2. The molecule has 8 nitrogen and oxygen atoms in total. The minimum Gasteiger partial charge on any atom is -0.481 e. The Bertz CT molecular complexity index is 725. The van der Waals surface area contributed by atoms with E-state index >= 15 is 0 Å². The largest absolute Gasteiger partial charge is 0.481 e. The number of cyclic esters (lactones) is 1. The number of ether oxygens (including phenoxy) is 1. The Hall–Kier alpha value is -2.61. The highest BCUT2D eigenvalue weighted by Crippen LogP contribution is 2.36. The van der Waals surface area contributed by atoms with Gasteiger partial charge < -0.3 is 19.8 Å². The summed E-state index contributed by atoms with van der Waals surface area (Å²) in [5, 5.41) is 20.4. The van der Waals surface area contributed by atoms with Gasteiger partial charge in [-0.3, -0.25) is 14.5 Å². The molecule has 0 spiro atoms. The van der Waals surface area contributed by atoms with Crippen molar-refractivity contribution in [1.82, 2.24) is 9.80 Å². The van der Waals surface area contributed by atoms with Crippen molar-refractivity contribution in [3.8, 4) is 0 Å². The normalized spacial score (nSPS) is 24.9. The fourth-order valence-electron chi connectivity index (χ4n) is 3.94. The van der Waals surface area contributed by atoms with E-state index in [0.717, 1.165) is 5.56 Å². The van der Waals surface area contributed by atoms with E-state index in [0.29, 0.717) is 19.4 Å². The van der Waals surface area contributed by atoms with Crippen LogP contribution in [-0.2, 0) is 20.7 Å². The Morgan fingerprint density at radius 1 is 1.21 bits per heavy atom. The monoisotopic (exact) mass is 390 g/mol. The summed E-state index contributed by atoms with van der Waals surface area (Å²) >= 11 is 0. The molecule has 2 fully saturated rings. The number of rotatable bonds is 7. The zero-order valence-corrected chi connectivity index (χ0v) is 15.7. The second-order valence-electron chi connectivity index (χ2n) is 7.46. The van der Waals surface area contributed by atoms with Crippen LogP contribution >= 0.6 is 0 Å². The first kappa shape index (κ1) is 20.1. The van der Waals surface area contributed by atoms with E-state index in [2.05, 4.69) is 0 Å². The van der Waals surface area contributed by atoms with Gasteiger partial charge in [-0.2, -0.15) is 0 Å². The van der Waals surface area contributed by atoms with E-state index in [1.807, 2.05) is 30.3 Å². The number of carbonyl (C=O) groups excluding carboxylic acids is 2. The van der Waals surface area contributed by atoms with Crippen LogP contribution < -0.4 is 0 Å². The first-order valence-corrected chi connectivity index (χ1v) is 9.57. The third-order valence-electron chi connectivity index (χ3n) is 5.66. The molecule has 3 rings (SSSR count). The van der Waals surface area contributed by atoms with Crippen molar-refractivity contribution < 1.29 is 29.3 Å². The zero-order valence-electron chi connectivity index (χ0n) is 15.7. The molecule has 8 heteroatoms. The first-order valence-electron chi connectivity index (χ1n) is 9.57. The highest BCUT2D eigenvalue weighted by atomic mass is 16.6. The molecule has 152 valence electrons. The molecule has 0 bridgehead atoms. The molecule has 1 aromatic carbocycles. The molecule has 2 aliphatic heterocycles. The number of carbonyl (C=O) groups is 3. The quantitative estimate of drug-likeness (QED) is 0.723. The maximum Gasteiger partial charge on any atom is 0.410 e. The second kappa shape index (κ2) is 8.60. The van der Waals surface area contributed by atoms with Gasteiger partial charge in [0.05, 0.1) is 12.6 Å². The highest BCUT2D eigenvalue weighted by Gasteiger charge is 2.49. The Balaban J connectivity index is 1.65. The molecular formula is C20H26N2O6. The van der Waals surface area contributed by atoms with E-state index in [4.69, 9.17) is 4.74 Å². The van der Waals surface area contributed by atoms with Crippen molar-refractivity contribution in [1.29, 1.82) is 0 Å². The van der Waals surface area contributed by atoms with E-state index in [-0.39, 0.29) is 45.0 Å². The second-order valence-corrected chi connectivity index (χ2v) is 7.46. The number of piperidine rings is 1. The summed E-state index contributed by atoms with van der Waals surface area (Å²) in [6, 6.07) is 9.75. The summed E-state index contributed by atoms with van der Waals surface area (Å²) in [4.78, 5) is 39.0. The number of carboxylic acids is 1. The summed E-state index contributed by atoms with van der Waals surface area (Å²) in [6.07, 6.45) is 0.227. The van der Waals surface area contributed by atoms with E-state index in [1.54, 1.807) is 0 Å². The molecule has 2 amide bonds. The molecule has 0 saturated carbocycles. The Kier molecular flexibility index (Phi) is 6.18. The standard InChI is InChI=1S/C20H26N2O6/c23-16-8-10-22(17(24)13-21-11-12-28-19(21)27)14-20(16,18(25)26)9-4-7-15-5-2-1-3-6-15/h1-3,5-6,16,23H,4,7-14H2,(H,25,26)/t16-,20-/m1/s1. The molecule has 1 aromatic rings. The lowest BCUT2D eigenvalue weighted by Crippen LogP contribution is -2.58. The predicted octanol–water partition coefficient (Wildman–Crippen LogP) is 1.13. The highest BCUT2D eigenvalue weighted by molar-refractivity contribution is 5.84. The van der Waals surface area contributed by atoms with Crippen molar-refractivity contribution in [2.24, 2.45) is 5.41 Å². The lowest BCUT2D eigenvalue weighted by molar-refractivity contribution is -0.167. The maximum absolute atomic E-state index is 12.6. The van der Waals surface area contributed by atoms with Gasteiger partial charge in [-0.15, -0.1) is 0 Å². The van der Waals surface area contributed by atoms with Gasteiger partial charge in [-0.25, -0.2) is 4.79 Å². The van der Waals surface area contributed by atoms with Crippen LogP contribution in [-0.4, -0.2) is 76.9 Å². The number of nitrogens with zero attached hydrogens (tertiary/aromatic N) is 2. The summed E-state index contributed by atoms with van der Waals surface area (Å²) in [5.74, 6) is -1.41. The van der Waals surface area contributed by atoms with Crippen LogP contribution in [0.1, 0.15) is 24.8 Å². The number of aliphatic hydroxyl groups is 1. The van der Waals surface area contributed by atoms with Crippen LogP contribution in [0.25, 0.3) is 0 Å².